The van der Waals surface area contributed by atoms with E-state index in [0.29, 0.717) is 13.2 Å². The minimum atomic E-state index is -0.389. The number of nitrogens with zero attached hydrogens (tertiary/aromatic N) is 1. The molecular weight excluding hydrogens is 259 g/mol. The molecular formula is C15H17FN2O2. The maximum Gasteiger partial charge on any atom is 0.244 e. The van der Waals surface area contributed by atoms with Crippen molar-refractivity contribution in [1.29, 1.82) is 0 Å². The molecule has 5 heteroatoms. The van der Waals surface area contributed by atoms with Gasteiger partial charge >= 0.3 is 0 Å². The summed E-state index contributed by atoms with van der Waals surface area (Å²) in [5.74, 6) is -0.113. The van der Waals surface area contributed by atoms with E-state index in [2.05, 4.69) is 5.32 Å². The van der Waals surface area contributed by atoms with Gasteiger partial charge in [-0.2, -0.15) is 0 Å². The molecule has 1 N–H and O–H groups in total. The number of amides is 1. The number of halogens is 1. The van der Waals surface area contributed by atoms with Gasteiger partial charge in [-0.3, -0.25) is 10.1 Å². The smallest absolute Gasteiger partial charge is 0.244 e. The number of benzene rings is 1. The number of ether oxygens (including phenoxy) is 1. The van der Waals surface area contributed by atoms with E-state index < -0.39 is 0 Å². The van der Waals surface area contributed by atoms with Gasteiger partial charge in [0.1, 0.15) is 17.5 Å². The van der Waals surface area contributed by atoms with Gasteiger partial charge in [0.05, 0.1) is 12.6 Å². The summed E-state index contributed by atoms with van der Waals surface area (Å²) in [4.78, 5) is 14.5. The molecule has 0 bridgehead atoms. The molecule has 106 valence electrons. The number of carbonyl (C=O) groups is 1. The first-order valence-electron chi connectivity index (χ1n) is 7.13. The Balaban J connectivity index is 1.70. The molecule has 3 aliphatic rings. The van der Waals surface area contributed by atoms with Gasteiger partial charge < -0.3 is 9.64 Å². The van der Waals surface area contributed by atoms with Crippen LogP contribution >= 0.6 is 0 Å². The van der Waals surface area contributed by atoms with Crippen molar-refractivity contribution in [3.8, 4) is 0 Å². The summed E-state index contributed by atoms with van der Waals surface area (Å²) >= 11 is 0. The molecule has 20 heavy (non-hydrogen) atoms. The summed E-state index contributed by atoms with van der Waals surface area (Å²) in [6.07, 6.45) is 2.38. The molecule has 1 aromatic carbocycles. The summed E-state index contributed by atoms with van der Waals surface area (Å²) in [5.41, 5.74) is 0.425. The lowest BCUT2D eigenvalue weighted by Crippen LogP contribution is -2.40. The zero-order valence-corrected chi connectivity index (χ0v) is 11.1. The Kier molecular flexibility index (Phi) is 2.62. The molecule has 1 aromatic rings. The largest absolute Gasteiger partial charge is 0.379 e. The second-order valence-electron chi connectivity index (χ2n) is 5.91. The molecule has 0 aromatic heterocycles. The van der Waals surface area contributed by atoms with Crippen molar-refractivity contribution in [2.24, 2.45) is 0 Å². The fraction of sp³-hybridized carbons (Fsp3) is 0.533. The quantitative estimate of drug-likeness (QED) is 0.891. The third-order valence-electron chi connectivity index (χ3n) is 4.55. The van der Waals surface area contributed by atoms with Crippen LogP contribution in [-0.4, -0.2) is 35.6 Å². The van der Waals surface area contributed by atoms with Crippen molar-refractivity contribution in [1.82, 2.24) is 10.2 Å². The van der Waals surface area contributed by atoms with Crippen LogP contribution in [0.2, 0.25) is 0 Å². The van der Waals surface area contributed by atoms with E-state index >= 15 is 0 Å². The van der Waals surface area contributed by atoms with Gasteiger partial charge in [0, 0.05) is 6.61 Å². The molecule has 2 saturated heterocycles. The Hall–Kier alpha value is -1.46. The molecule has 2 heterocycles. The molecule has 1 amide bonds. The summed E-state index contributed by atoms with van der Waals surface area (Å²) < 4.78 is 18.9. The second-order valence-corrected chi connectivity index (χ2v) is 5.91. The molecule has 2 aliphatic heterocycles. The summed E-state index contributed by atoms with van der Waals surface area (Å²) in [6.45, 7) is 1.27. The van der Waals surface area contributed by atoms with Crippen LogP contribution in [0, 0.1) is 5.82 Å². The normalized spacial score (nSPS) is 31.2. The van der Waals surface area contributed by atoms with Crippen LogP contribution in [0.1, 0.15) is 31.0 Å². The zero-order valence-electron chi connectivity index (χ0n) is 11.1. The minimum absolute atomic E-state index is 0.100. The zero-order chi connectivity index (χ0) is 13.7. The maximum absolute atomic E-state index is 13.5. The summed E-state index contributed by atoms with van der Waals surface area (Å²) in [7, 11) is 0. The third kappa shape index (κ3) is 1.77. The standard InChI is InChI=1S/C15H17FN2O2/c16-11-3-1-2-10(8-11)13-17-15(5-6-15)14(19)18(13)12-4-7-20-9-12/h1-3,8,12-13,17H,4-7,9H2. The molecule has 2 atom stereocenters. The van der Waals surface area contributed by atoms with E-state index in [1.165, 1.54) is 12.1 Å². The van der Waals surface area contributed by atoms with E-state index in [0.717, 1.165) is 24.8 Å². The number of hydrogen-bond acceptors (Lipinski definition) is 3. The molecule has 1 aliphatic carbocycles. The van der Waals surface area contributed by atoms with Gasteiger partial charge in [0.2, 0.25) is 5.91 Å². The first kappa shape index (κ1) is 12.3. The molecule has 2 unspecified atom stereocenters. The number of hydrogen-bond donors (Lipinski definition) is 1. The van der Waals surface area contributed by atoms with E-state index in [-0.39, 0.29) is 29.5 Å². The van der Waals surface area contributed by atoms with Crippen molar-refractivity contribution in [2.75, 3.05) is 13.2 Å². The summed E-state index contributed by atoms with van der Waals surface area (Å²) in [5, 5.41) is 3.42. The summed E-state index contributed by atoms with van der Waals surface area (Å²) in [6, 6.07) is 6.60. The van der Waals surface area contributed by atoms with Crippen molar-refractivity contribution in [3.63, 3.8) is 0 Å². The monoisotopic (exact) mass is 276 g/mol. The van der Waals surface area contributed by atoms with Gasteiger partial charge in [-0.05, 0) is 37.0 Å². The number of carbonyl (C=O) groups excluding carboxylic acids is 1. The second kappa shape index (κ2) is 4.27. The van der Waals surface area contributed by atoms with E-state index in [1.54, 1.807) is 6.07 Å². The Bertz CT molecular complexity index is 553. The highest BCUT2D eigenvalue weighted by Crippen LogP contribution is 2.47. The average molecular weight is 276 g/mol. The van der Waals surface area contributed by atoms with Gasteiger partial charge in [0.15, 0.2) is 0 Å². The Morgan fingerprint density at radius 2 is 2.25 bits per heavy atom. The lowest BCUT2D eigenvalue weighted by Gasteiger charge is -2.29. The molecule has 3 fully saturated rings. The number of rotatable bonds is 2. The van der Waals surface area contributed by atoms with Crippen molar-refractivity contribution in [2.45, 2.75) is 37.0 Å². The van der Waals surface area contributed by atoms with E-state index in [9.17, 15) is 9.18 Å². The Morgan fingerprint density at radius 1 is 1.40 bits per heavy atom. The van der Waals surface area contributed by atoms with Crippen LogP contribution in [0.4, 0.5) is 4.39 Å². The van der Waals surface area contributed by atoms with Crippen molar-refractivity contribution in [3.05, 3.63) is 35.6 Å². The van der Waals surface area contributed by atoms with Gasteiger partial charge in [-0.25, -0.2) is 4.39 Å². The molecule has 0 radical (unpaired) electrons. The highest BCUT2D eigenvalue weighted by molar-refractivity contribution is 5.92. The average Bonchev–Trinajstić information content (AvgIpc) is 2.90. The predicted octanol–water partition coefficient (Wildman–Crippen LogP) is 1.58. The van der Waals surface area contributed by atoms with Crippen LogP contribution in [0.3, 0.4) is 0 Å². The van der Waals surface area contributed by atoms with Crippen LogP contribution in [-0.2, 0) is 9.53 Å². The maximum atomic E-state index is 13.5. The predicted molar refractivity (Wildman–Crippen MR) is 70.3 cm³/mol. The van der Waals surface area contributed by atoms with Crippen LogP contribution in [0.15, 0.2) is 24.3 Å². The Morgan fingerprint density at radius 3 is 2.90 bits per heavy atom. The van der Waals surface area contributed by atoms with Gasteiger partial charge in [-0.1, -0.05) is 12.1 Å². The van der Waals surface area contributed by atoms with E-state index in [4.69, 9.17) is 4.74 Å². The SMILES string of the molecule is O=C1N(C2CCOC2)C(c2cccc(F)c2)NC12CC2. The van der Waals surface area contributed by atoms with Gasteiger partial charge in [0.25, 0.3) is 0 Å². The highest BCUT2D eigenvalue weighted by Gasteiger charge is 2.60. The molecule has 1 saturated carbocycles. The Labute approximate surface area is 116 Å². The number of nitrogens with one attached hydrogen (secondary N) is 1. The van der Waals surface area contributed by atoms with Crippen molar-refractivity contribution < 1.29 is 13.9 Å². The highest BCUT2D eigenvalue weighted by atomic mass is 19.1. The third-order valence-corrected chi connectivity index (χ3v) is 4.55. The molecule has 4 nitrogen and oxygen atoms in total. The molecule has 1 spiro atoms. The molecule has 4 rings (SSSR count). The first-order valence-corrected chi connectivity index (χ1v) is 7.13. The fourth-order valence-electron chi connectivity index (χ4n) is 3.28. The van der Waals surface area contributed by atoms with Crippen LogP contribution in [0.25, 0.3) is 0 Å². The topological polar surface area (TPSA) is 41.6 Å². The van der Waals surface area contributed by atoms with Crippen molar-refractivity contribution >= 4 is 5.91 Å². The van der Waals surface area contributed by atoms with Gasteiger partial charge in [-0.15, -0.1) is 0 Å². The van der Waals surface area contributed by atoms with E-state index in [1.807, 2.05) is 11.0 Å². The fourth-order valence-corrected chi connectivity index (χ4v) is 3.28. The first-order chi connectivity index (χ1) is 9.70. The minimum Gasteiger partial charge on any atom is -0.379 e. The lowest BCUT2D eigenvalue weighted by atomic mass is 10.1. The lowest BCUT2D eigenvalue weighted by molar-refractivity contribution is -0.133. The van der Waals surface area contributed by atoms with Crippen LogP contribution < -0.4 is 5.32 Å². The van der Waals surface area contributed by atoms with Crippen LogP contribution in [0.5, 0.6) is 0 Å².